The lowest BCUT2D eigenvalue weighted by Gasteiger charge is -2.20. The number of rotatable bonds is 2. The third kappa shape index (κ3) is 2.83. The first-order valence-electron chi connectivity index (χ1n) is 5.35. The summed E-state index contributed by atoms with van der Waals surface area (Å²) in [4.78, 5) is 1.99. The Bertz CT molecular complexity index is 574. The first kappa shape index (κ1) is 13.7. The molecule has 0 saturated carbocycles. The largest absolute Gasteiger partial charge is 0.364 e. The first-order valence-corrected chi connectivity index (χ1v) is 8.11. The van der Waals surface area contributed by atoms with E-state index in [9.17, 15) is 13.0 Å². The van der Waals surface area contributed by atoms with Gasteiger partial charge in [-0.1, -0.05) is 0 Å². The van der Waals surface area contributed by atoms with Crippen LogP contribution < -0.4 is 4.90 Å². The minimum atomic E-state index is -2.79. The fourth-order valence-corrected chi connectivity index (χ4v) is 3.38. The zero-order valence-corrected chi connectivity index (χ0v) is 12.2. The van der Waals surface area contributed by atoms with Crippen LogP contribution in [0.4, 0.5) is 14.5 Å². The molecule has 1 atom stereocenters. The van der Waals surface area contributed by atoms with Crippen molar-refractivity contribution in [2.45, 2.75) is 17.2 Å². The van der Waals surface area contributed by atoms with Crippen LogP contribution in [0.1, 0.15) is 6.42 Å². The molecule has 3 nitrogen and oxygen atoms in total. The summed E-state index contributed by atoms with van der Waals surface area (Å²) in [6, 6.07) is 4.77. The van der Waals surface area contributed by atoms with Crippen molar-refractivity contribution in [1.29, 1.82) is 4.78 Å². The molecule has 7 heteroatoms. The molecule has 18 heavy (non-hydrogen) atoms. The molecule has 2 rings (SSSR count). The van der Waals surface area contributed by atoms with Gasteiger partial charge in [-0.3, -0.25) is 0 Å². The lowest BCUT2D eigenvalue weighted by molar-refractivity contribution is 0.0257. The van der Waals surface area contributed by atoms with E-state index in [0.717, 1.165) is 0 Å². The van der Waals surface area contributed by atoms with E-state index in [-0.39, 0.29) is 13.0 Å². The Morgan fingerprint density at radius 3 is 2.61 bits per heavy atom. The van der Waals surface area contributed by atoms with Crippen molar-refractivity contribution in [1.82, 2.24) is 0 Å². The average molecular weight is 339 g/mol. The van der Waals surface area contributed by atoms with E-state index in [2.05, 4.69) is 15.9 Å². The molecule has 100 valence electrons. The lowest BCUT2D eigenvalue weighted by atomic mass is 10.3. The molecular formula is C11H13BrF2N2OS. The third-order valence-electron chi connectivity index (χ3n) is 2.88. The smallest absolute Gasteiger partial charge is 0.266 e. The van der Waals surface area contributed by atoms with Gasteiger partial charge in [-0.05, 0) is 34.1 Å². The van der Waals surface area contributed by atoms with Crippen molar-refractivity contribution < 1.29 is 13.0 Å². The van der Waals surface area contributed by atoms with Crippen molar-refractivity contribution in [3.05, 3.63) is 22.7 Å². The fraction of sp³-hybridized carbons (Fsp3) is 0.455. The van der Waals surface area contributed by atoms with Crippen LogP contribution in [-0.4, -0.2) is 29.5 Å². The van der Waals surface area contributed by atoms with Gasteiger partial charge in [-0.25, -0.2) is 17.8 Å². The summed E-state index contributed by atoms with van der Waals surface area (Å²) in [6.45, 7) is 0.000638. The summed E-state index contributed by atoms with van der Waals surface area (Å²) in [5, 5.41) is 0. The highest BCUT2D eigenvalue weighted by Gasteiger charge is 2.38. The summed E-state index contributed by atoms with van der Waals surface area (Å²) < 4.78 is 46.0. The quantitative estimate of drug-likeness (QED) is 0.898. The number of alkyl halides is 2. The van der Waals surface area contributed by atoms with Gasteiger partial charge in [0.2, 0.25) is 0 Å². The van der Waals surface area contributed by atoms with Gasteiger partial charge in [-0.2, -0.15) is 0 Å². The number of hydrogen-bond donors (Lipinski definition) is 1. The van der Waals surface area contributed by atoms with Crippen LogP contribution in [0.5, 0.6) is 0 Å². The summed E-state index contributed by atoms with van der Waals surface area (Å²) in [6.07, 6.45) is 1.18. The van der Waals surface area contributed by atoms with Gasteiger partial charge in [0.25, 0.3) is 5.92 Å². The van der Waals surface area contributed by atoms with E-state index in [0.29, 0.717) is 21.6 Å². The highest BCUT2D eigenvalue weighted by Crippen LogP contribution is 2.35. The molecule has 1 aliphatic rings. The third-order valence-corrected chi connectivity index (χ3v) is 4.67. The van der Waals surface area contributed by atoms with E-state index in [1.807, 2.05) is 0 Å². The van der Waals surface area contributed by atoms with Crippen LogP contribution in [-0.2, 0) is 9.73 Å². The first-order chi connectivity index (χ1) is 8.19. The van der Waals surface area contributed by atoms with Crippen LogP contribution >= 0.6 is 15.9 Å². The SMILES string of the molecule is C[S@](=N)(=O)c1ccc(N2CCC(F)(F)C2)c(Br)c1. The minimum Gasteiger partial charge on any atom is -0.364 e. The molecule has 0 spiro atoms. The average Bonchev–Trinajstić information content (AvgIpc) is 2.57. The maximum atomic E-state index is 13.1. The van der Waals surface area contributed by atoms with E-state index in [1.54, 1.807) is 23.1 Å². The molecule has 0 amide bonds. The Hall–Kier alpha value is -0.690. The summed E-state index contributed by atoms with van der Waals surface area (Å²) in [5.74, 6) is -2.65. The topological polar surface area (TPSA) is 44.2 Å². The van der Waals surface area contributed by atoms with Crippen molar-refractivity contribution in [3.8, 4) is 0 Å². The van der Waals surface area contributed by atoms with E-state index >= 15 is 0 Å². The normalized spacial score (nSPS) is 21.9. The van der Waals surface area contributed by atoms with Gasteiger partial charge in [0.05, 0.1) is 22.0 Å². The van der Waals surface area contributed by atoms with E-state index in [1.165, 1.54) is 6.26 Å². The zero-order chi connectivity index (χ0) is 13.6. The molecule has 0 radical (unpaired) electrons. The van der Waals surface area contributed by atoms with Gasteiger partial charge < -0.3 is 4.90 Å². The highest BCUT2D eigenvalue weighted by atomic mass is 79.9. The summed E-state index contributed by atoms with van der Waals surface area (Å²) in [5.41, 5.74) is 0.652. The molecule has 1 N–H and O–H groups in total. The number of hydrogen-bond acceptors (Lipinski definition) is 3. The number of benzene rings is 1. The minimum absolute atomic E-state index is 0.149. The molecule has 1 aromatic carbocycles. The van der Waals surface area contributed by atoms with E-state index < -0.39 is 15.7 Å². The molecule has 0 unspecified atom stereocenters. The molecule has 1 aliphatic heterocycles. The maximum Gasteiger partial charge on any atom is 0.266 e. The molecule has 1 saturated heterocycles. The predicted octanol–water partition coefficient (Wildman–Crippen LogP) is 3.33. The van der Waals surface area contributed by atoms with Gasteiger partial charge in [0.15, 0.2) is 0 Å². The molecule has 1 heterocycles. The van der Waals surface area contributed by atoms with Gasteiger partial charge >= 0.3 is 0 Å². The van der Waals surface area contributed by atoms with Crippen molar-refractivity contribution >= 4 is 31.3 Å². The second-order valence-corrected chi connectivity index (χ2v) is 7.50. The fourth-order valence-electron chi connectivity index (χ4n) is 1.93. The van der Waals surface area contributed by atoms with Crippen LogP contribution in [0, 0.1) is 4.78 Å². The molecule has 0 bridgehead atoms. The lowest BCUT2D eigenvalue weighted by Crippen LogP contribution is -2.25. The summed E-state index contributed by atoms with van der Waals surface area (Å²) >= 11 is 3.29. The Morgan fingerprint density at radius 2 is 2.17 bits per heavy atom. The van der Waals surface area contributed by atoms with E-state index in [4.69, 9.17) is 4.78 Å². The van der Waals surface area contributed by atoms with Gasteiger partial charge in [-0.15, -0.1) is 0 Å². The van der Waals surface area contributed by atoms with Gasteiger partial charge in [0.1, 0.15) is 0 Å². The number of nitrogens with one attached hydrogen (secondary N) is 1. The van der Waals surface area contributed by atoms with Crippen LogP contribution in [0.15, 0.2) is 27.6 Å². The number of anilines is 1. The maximum absolute atomic E-state index is 13.1. The molecule has 0 aromatic heterocycles. The highest BCUT2D eigenvalue weighted by molar-refractivity contribution is 9.10. The number of halogens is 3. The Morgan fingerprint density at radius 1 is 1.50 bits per heavy atom. The second-order valence-electron chi connectivity index (χ2n) is 4.48. The summed E-state index contributed by atoms with van der Waals surface area (Å²) in [7, 11) is -2.79. The van der Waals surface area contributed by atoms with Crippen molar-refractivity contribution in [2.24, 2.45) is 0 Å². The van der Waals surface area contributed by atoms with Crippen LogP contribution in [0.2, 0.25) is 0 Å². The molecule has 0 aliphatic carbocycles. The Kier molecular flexibility index (Phi) is 3.40. The van der Waals surface area contributed by atoms with Crippen molar-refractivity contribution in [2.75, 3.05) is 24.2 Å². The van der Waals surface area contributed by atoms with Crippen LogP contribution in [0.25, 0.3) is 0 Å². The Labute approximate surface area is 113 Å². The molecular weight excluding hydrogens is 326 g/mol. The number of nitrogens with zero attached hydrogens (tertiary/aromatic N) is 1. The molecule has 1 aromatic rings. The second kappa shape index (κ2) is 4.45. The van der Waals surface area contributed by atoms with Crippen LogP contribution in [0.3, 0.4) is 0 Å². The van der Waals surface area contributed by atoms with Gasteiger partial charge in [0, 0.05) is 28.6 Å². The monoisotopic (exact) mass is 338 g/mol. The molecule has 1 fully saturated rings. The van der Waals surface area contributed by atoms with Crippen molar-refractivity contribution in [3.63, 3.8) is 0 Å². The predicted molar refractivity (Wildman–Crippen MR) is 71.0 cm³/mol. The zero-order valence-electron chi connectivity index (χ0n) is 9.75. The Balaban J connectivity index is 2.32. The standard InChI is InChI=1S/C11H13BrF2N2OS/c1-18(15,17)8-2-3-10(9(12)6-8)16-5-4-11(13,14)7-16/h2-3,6,15H,4-5,7H2,1H3/t18-/m0/s1.